The summed E-state index contributed by atoms with van der Waals surface area (Å²) in [5.74, 6) is 0.614. The zero-order valence-electron chi connectivity index (χ0n) is 8.99. The van der Waals surface area contributed by atoms with Crippen molar-refractivity contribution in [3.63, 3.8) is 0 Å². The van der Waals surface area contributed by atoms with Crippen molar-refractivity contribution in [1.82, 2.24) is 4.90 Å². The van der Waals surface area contributed by atoms with Crippen molar-refractivity contribution in [1.29, 1.82) is 0 Å². The number of guanidine groups is 1. The number of hydrogen-bond acceptors (Lipinski definition) is 4. The Morgan fingerprint density at radius 3 is 3.07 bits per heavy atom. The van der Waals surface area contributed by atoms with Crippen LogP contribution in [0.15, 0.2) is 17.6 Å². The molecule has 0 saturated heterocycles. The standard InChI is InChI=1S/C10H19N3O/c1-4-6-13-9(11)12-8-10(13,2)5-7-14-3/h4H,1,5-8H2,2-3H3,(H2,11,12). The van der Waals surface area contributed by atoms with Crippen LogP contribution >= 0.6 is 0 Å². The average Bonchev–Trinajstić information content (AvgIpc) is 2.44. The highest BCUT2D eigenvalue weighted by Crippen LogP contribution is 2.24. The zero-order chi connectivity index (χ0) is 10.6. The van der Waals surface area contributed by atoms with E-state index in [2.05, 4.69) is 23.4 Å². The second-order valence-corrected chi connectivity index (χ2v) is 3.81. The lowest BCUT2D eigenvalue weighted by Gasteiger charge is -2.35. The maximum atomic E-state index is 5.80. The van der Waals surface area contributed by atoms with Gasteiger partial charge < -0.3 is 15.4 Å². The Morgan fingerprint density at radius 1 is 1.79 bits per heavy atom. The van der Waals surface area contributed by atoms with Crippen molar-refractivity contribution in [2.24, 2.45) is 10.7 Å². The van der Waals surface area contributed by atoms with Gasteiger partial charge >= 0.3 is 0 Å². The average molecular weight is 197 g/mol. The molecule has 1 aliphatic heterocycles. The highest BCUT2D eigenvalue weighted by molar-refractivity contribution is 5.81. The predicted octanol–water partition coefficient (Wildman–Crippen LogP) is 0.598. The summed E-state index contributed by atoms with van der Waals surface area (Å²) in [6, 6.07) is 0. The van der Waals surface area contributed by atoms with Crippen LogP contribution in [0.2, 0.25) is 0 Å². The molecule has 0 aliphatic carbocycles. The Bertz CT molecular complexity index is 240. The maximum Gasteiger partial charge on any atom is 0.192 e. The fourth-order valence-corrected chi connectivity index (χ4v) is 1.68. The van der Waals surface area contributed by atoms with Crippen LogP contribution in [0.5, 0.6) is 0 Å². The van der Waals surface area contributed by atoms with Gasteiger partial charge in [-0.05, 0) is 13.3 Å². The minimum absolute atomic E-state index is 0.00567. The Balaban J connectivity index is 2.64. The summed E-state index contributed by atoms with van der Waals surface area (Å²) < 4.78 is 5.09. The molecule has 1 heterocycles. The van der Waals surface area contributed by atoms with E-state index in [0.717, 1.165) is 26.1 Å². The molecule has 1 atom stereocenters. The van der Waals surface area contributed by atoms with Gasteiger partial charge in [0, 0.05) is 20.3 Å². The molecule has 0 radical (unpaired) electrons. The third-order valence-electron chi connectivity index (χ3n) is 2.67. The van der Waals surface area contributed by atoms with Crippen LogP contribution in [0.1, 0.15) is 13.3 Å². The first-order valence-electron chi connectivity index (χ1n) is 4.81. The SMILES string of the molecule is C=CCN1C(N)=NCC1(C)CCOC. The largest absolute Gasteiger partial charge is 0.385 e. The van der Waals surface area contributed by atoms with E-state index in [1.807, 2.05) is 6.08 Å². The number of aliphatic imine (C=N–C) groups is 1. The van der Waals surface area contributed by atoms with E-state index in [1.54, 1.807) is 7.11 Å². The lowest BCUT2D eigenvalue weighted by molar-refractivity contribution is 0.132. The monoisotopic (exact) mass is 197 g/mol. The van der Waals surface area contributed by atoms with Gasteiger partial charge in [0.15, 0.2) is 5.96 Å². The quantitative estimate of drug-likeness (QED) is 0.657. The van der Waals surface area contributed by atoms with Gasteiger partial charge in [0.25, 0.3) is 0 Å². The van der Waals surface area contributed by atoms with Gasteiger partial charge in [-0.15, -0.1) is 6.58 Å². The first-order chi connectivity index (χ1) is 6.64. The molecule has 0 spiro atoms. The van der Waals surface area contributed by atoms with Gasteiger partial charge in [0.2, 0.25) is 0 Å². The molecule has 2 N–H and O–H groups in total. The number of rotatable bonds is 5. The topological polar surface area (TPSA) is 50.8 Å². The lowest BCUT2D eigenvalue weighted by atomic mass is 9.97. The molecular weight excluding hydrogens is 178 g/mol. The Labute approximate surface area is 85.4 Å². The van der Waals surface area contributed by atoms with Gasteiger partial charge in [-0.25, -0.2) is 0 Å². The lowest BCUT2D eigenvalue weighted by Crippen LogP contribution is -2.50. The van der Waals surface area contributed by atoms with Gasteiger partial charge in [0.1, 0.15) is 0 Å². The van der Waals surface area contributed by atoms with E-state index in [9.17, 15) is 0 Å². The molecular formula is C10H19N3O. The Kier molecular flexibility index (Phi) is 3.52. The number of ether oxygens (including phenoxy) is 1. The van der Waals surface area contributed by atoms with Crippen LogP contribution in [-0.2, 0) is 4.74 Å². The van der Waals surface area contributed by atoms with Crippen molar-refractivity contribution >= 4 is 5.96 Å². The summed E-state index contributed by atoms with van der Waals surface area (Å²) in [7, 11) is 1.71. The molecule has 80 valence electrons. The molecule has 1 unspecified atom stereocenters. The molecule has 0 aromatic rings. The normalized spacial score (nSPS) is 26.4. The van der Waals surface area contributed by atoms with Crippen molar-refractivity contribution < 1.29 is 4.74 Å². The van der Waals surface area contributed by atoms with E-state index in [-0.39, 0.29) is 5.54 Å². The number of nitrogens with zero attached hydrogens (tertiary/aromatic N) is 2. The first kappa shape index (κ1) is 11.0. The van der Waals surface area contributed by atoms with E-state index >= 15 is 0 Å². The molecule has 1 aliphatic rings. The number of nitrogens with two attached hydrogens (primary N) is 1. The number of hydrogen-bond donors (Lipinski definition) is 1. The first-order valence-corrected chi connectivity index (χ1v) is 4.81. The molecule has 0 aromatic carbocycles. The molecule has 0 aromatic heterocycles. The van der Waals surface area contributed by atoms with Crippen molar-refractivity contribution in [2.75, 3.05) is 26.8 Å². The molecule has 0 amide bonds. The smallest absolute Gasteiger partial charge is 0.192 e. The molecule has 4 nitrogen and oxygen atoms in total. The van der Waals surface area contributed by atoms with Gasteiger partial charge in [-0.1, -0.05) is 6.08 Å². The van der Waals surface area contributed by atoms with E-state index in [4.69, 9.17) is 10.5 Å². The Hall–Kier alpha value is -1.03. The minimum atomic E-state index is -0.00567. The minimum Gasteiger partial charge on any atom is -0.385 e. The molecule has 14 heavy (non-hydrogen) atoms. The van der Waals surface area contributed by atoms with Crippen molar-refractivity contribution in [2.45, 2.75) is 18.9 Å². The van der Waals surface area contributed by atoms with Gasteiger partial charge in [-0.3, -0.25) is 4.99 Å². The summed E-state index contributed by atoms with van der Waals surface area (Å²) in [6.07, 6.45) is 2.78. The van der Waals surface area contributed by atoms with Crippen LogP contribution < -0.4 is 5.73 Å². The van der Waals surface area contributed by atoms with Crippen LogP contribution in [0.25, 0.3) is 0 Å². The highest BCUT2D eigenvalue weighted by Gasteiger charge is 2.36. The van der Waals surface area contributed by atoms with Gasteiger partial charge in [0.05, 0.1) is 12.1 Å². The summed E-state index contributed by atoms with van der Waals surface area (Å²) in [4.78, 5) is 6.34. The summed E-state index contributed by atoms with van der Waals surface area (Å²) in [6.45, 7) is 8.09. The maximum absolute atomic E-state index is 5.80. The second-order valence-electron chi connectivity index (χ2n) is 3.81. The summed E-state index contributed by atoms with van der Waals surface area (Å²) in [5, 5.41) is 0. The van der Waals surface area contributed by atoms with Gasteiger partial charge in [-0.2, -0.15) is 0 Å². The third kappa shape index (κ3) is 2.07. The van der Waals surface area contributed by atoms with Crippen LogP contribution in [0.4, 0.5) is 0 Å². The molecule has 0 saturated carbocycles. The molecule has 0 bridgehead atoms. The second kappa shape index (κ2) is 4.46. The van der Waals surface area contributed by atoms with Crippen LogP contribution in [0.3, 0.4) is 0 Å². The zero-order valence-corrected chi connectivity index (χ0v) is 8.99. The fraction of sp³-hybridized carbons (Fsp3) is 0.700. The van der Waals surface area contributed by atoms with E-state index in [0.29, 0.717) is 5.96 Å². The Morgan fingerprint density at radius 2 is 2.50 bits per heavy atom. The van der Waals surface area contributed by atoms with E-state index < -0.39 is 0 Å². The summed E-state index contributed by atoms with van der Waals surface area (Å²) >= 11 is 0. The molecule has 1 rings (SSSR count). The van der Waals surface area contributed by atoms with Crippen molar-refractivity contribution in [3.8, 4) is 0 Å². The third-order valence-corrected chi connectivity index (χ3v) is 2.67. The fourth-order valence-electron chi connectivity index (χ4n) is 1.68. The number of methoxy groups -OCH3 is 1. The predicted molar refractivity (Wildman–Crippen MR) is 58.3 cm³/mol. The van der Waals surface area contributed by atoms with Crippen LogP contribution in [-0.4, -0.2) is 43.2 Å². The summed E-state index contributed by atoms with van der Waals surface area (Å²) in [5.41, 5.74) is 5.79. The molecule has 4 heteroatoms. The highest BCUT2D eigenvalue weighted by atomic mass is 16.5. The van der Waals surface area contributed by atoms with Crippen LogP contribution in [0, 0.1) is 0 Å². The molecule has 0 fully saturated rings. The van der Waals surface area contributed by atoms with E-state index in [1.165, 1.54) is 0 Å². The van der Waals surface area contributed by atoms with Crippen molar-refractivity contribution in [3.05, 3.63) is 12.7 Å².